The lowest BCUT2D eigenvalue weighted by molar-refractivity contribution is -0.131. The van der Waals surface area contributed by atoms with E-state index in [0.29, 0.717) is 13.1 Å². The predicted octanol–water partition coefficient (Wildman–Crippen LogP) is 2.87. The molecule has 0 radical (unpaired) electrons. The van der Waals surface area contributed by atoms with Crippen molar-refractivity contribution in [3.8, 4) is 0 Å². The van der Waals surface area contributed by atoms with Crippen molar-refractivity contribution in [3.05, 3.63) is 117 Å². The molecule has 0 aliphatic rings. The van der Waals surface area contributed by atoms with Crippen LogP contribution in [0.25, 0.3) is 10.8 Å². The van der Waals surface area contributed by atoms with Crippen molar-refractivity contribution < 1.29 is 4.79 Å². The van der Waals surface area contributed by atoms with Gasteiger partial charge >= 0.3 is 5.69 Å². The maximum Gasteiger partial charge on any atom is 0.331 e. The van der Waals surface area contributed by atoms with Crippen molar-refractivity contribution in [2.24, 2.45) is 0 Å². The van der Waals surface area contributed by atoms with E-state index in [1.54, 1.807) is 11.9 Å². The van der Waals surface area contributed by atoms with E-state index in [1.165, 1.54) is 16.8 Å². The first-order valence-electron chi connectivity index (χ1n) is 10.1. The highest BCUT2D eigenvalue weighted by Gasteiger charge is 2.15. The lowest BCUT2D eigenvalue weighted by Gasteiger charge is -2.19. The summed E-state index contributed by atoms with van der Waals surface area (Å²) in [5, 5.41) is 2.18. The van der Waals surface area contributed by atoms with Crippen molar-refractivity contribution in [3.63, 3.8) is 0 Å². The van der Waals surface area contributed by atoms with Crippen molar-refractivity contribution in [2.45, 2.75) is 19.6 Å². The van der Waals surface area contributed by atoms with Gasteiger partial charge in [0, 0.05) is 25.9 Å². The van der Waals surface area contributed by atoms with E-state index >= 15 is 0 Å². The quantitative estimate of drug-likeness (QED) is 0.488. The topological polar surface area (TPSA) is 64.3 Å². The van der Waals surface area contributed by atoms with Crippen LogP contribution in [0.1, 0.15) is 11.1 Å². The molecule has 0 aliphatic carbocycles. The molecule has 1 heterocycles. The predicted molar refractivity (Wildman–Crippen MR) is 121 cm³/mol. The number of benzene rings is 3. The maximum absolute atomic E-state index is 12.8. The number of hydrogen-bond donors (Lipinski definition) is 0. The minimum atomic E-state index is -0.497. The molecule has 156 valence electrons. The van der Waals surface area contributed by atoms with E-state index in [4.69, 9.17) is 0 Å². The van der Waals surface area contributed by atoms with Gasteiger partial charge in [-0.25, -0.2) is 4.79 Å². The Hall–Kier alpha value is -3.93. The van der Waals surface area contributed by atoms with Gasteiger partial charge in [0.15, 0.2) is 0 Å². The zero-order valence-corrected chi connectivity index (χ0v) is 17.3. The molecule has 1 aromatic heterocycles. The van der Waals surface area contributed by atoms with Crippen LogP contribution in [-0.4, -0.2) is 27.0 Å². The fourth-order valence-electron chi connectivity index (χ4n) is 3.63. The lowest BCUT2D eigenvalue weighted by atomic mass is 10.0. The monoisotopic (exact) mass is 413 g/mol. The molecule has 6 nitrogen and oxygen atoms in total. The number of carbonyl (C=O) groups is 1. The van der Waals surface area contributed by atoms with Crippen LogP contribution in [0.3, 0.4) is 0 Å². The maximum atomic E-state index is 12.8. The van der Waals surface area contributed by atoms with Gasteiger partial charge in [0.2, 0.25) is 5.91 Å². The second-order valence-electron chi connectivity index (χ2n) is 7.52. The van der Waals surface area contributed by atoms with Crippen LogP contribution in [-0.2, 0) is 24.4 Å². The second-order valence-corrected chi connectivity index (χ2v) is 7.52. The van der Waals surface area contributed by atoms with Crippen LogP contribution in [0.5, 0.6) is 0 Å². The van der Waals surface area contributed by atoms with Gasteiger partial charge in [0.05, 0.1) is 6.54 Å². The van der Waals surface area contributed by atoms with Gasteiger partial charge in [-0.3, -0.25) is 18.7 Å². The molecule has 31 heavy (non-hydrogen) atoms. The summed E-state index contributed by atoms with van der Waals surface area (Å²) in [5.41, 5.74) is 0.967. The molecule has 0 fully saturated rings. The molecule has 0 N–H and O–H groups in total. The number of aromatic nitrogens is 2. The van der Waals surface area contributed by atoms with Gasteiger partial charge < -0.3 is 4.90 Å². The molecule has 6 heteroatoms. The fourth-order valence-corrected chi connectivity index (χ4v) is 3.63. The summed E-state index contributed by atoms with van der Waals surface area (Å²) in [7, 11) is 1.68. The van der Waals surface area contributed by atoms with Gasteiger partial charge in [-0.05, 0) is 21.9 Å². The highest BCUT2D eigenvalue weighted by atomic mass is 16.2. The average Bonchev–Trinajstić information content (AvgIpc) is 2.79. The summed E-state index contributed by atoms with van der Waals surface area (Å²) < 4.78 is 2.43. The summed E-state index contributed by atoms with van der Waals surface area (Å²) in [5.74, 6) is -0.301. The molecule has 0 saturated heterocycles. The summed E-state index contributed by atoms with van der Waals surface area (Å²) in [6.07, 6.45) is 1.47. The Morgan fingerprint density at radius 3 is 2.39 bits per heavy atom. The molecule has 4 rings (SSSR count). The third kappa shape index (κ3) is 4.48. The zero-order valence-electron chi connectivity index (χ0n) is 17.3. The summed E-state index contributed by atoms with van der Waals surface area (Å²) in [4.78, 5) is 39.5. The van der Waals surface area contributed by atoms with Crippen LogP contribution in [0.15, 0.2) is 94.6 Å². The Labute approximate surface area is 179 Å². The Morgan fingerprint density at radius 2 is 1.58 bits per heavy atom. The molecule has 1 amide bonds. The number of hydrogen-bond acceptors (Lipinski definition) is 3. The molecule has 0 aliphatic heterocycles. The molecule has 0 saturated carbocycles. The van der Waals surface area contributed by atoms with Crippen LogP contribution < -0.4 is 11.2 Å². The largest absolute Gasteiger partial charge is 0.340 e. The van der Waals surface area contributed by atoms with Gasteiger partial charge in [-0.1, -0.05) is 72.8 Å². The van der Waals surface area contributed by atoms with Crippen LogP contribution in [0.2, 0.25) is 0 Å². The van der Waals surface area contributed by atoms with Crippen LogP contribution in [0, 0.1) is 0 Å². The minimum absolute atomic E-state index is 0.297. The van der Waals surface area contributed by atoms with Crippen LogP contribution in [0.4, 0.5) is 0 Å². The number of rotatable bonds is 6. The molecular formula is C25H23N3O3. The first-order chi connectivity index (χ1) is 15.0. The number of nitrogens with zero attached hydrogens (tertiary/aromatic N) is 3. The Kier molecular flexibility index (Phi) is 5.80. The van der Waals surface area contributed by atoms with E-state index in [0.717, 1.165) is 26.5 Å². The fraction of sp³-hybridized carbons (Fsp3) is 0.160. The summed E-state index contributed by atoms with van der Waals surface area (Å²) >= 11 is 0. The Bertz CT molecular complexity index is 1330. The average molecular weight is 413 g/mol. The van der Waals surface area contributed by atoms with E-state index in [9.17, 15) is 14.4 Å². The molecule has 0 unspecified atom stereocenters. The van der Waals surface area contributed by atoms with Crippen molar-refractivity contribution in [2.75, 3.05) is 7.05 Å². The molecule has 3 aromatic carbocycles. The summed E-state index contributed by atoms with van der Waals surface area (Å²) in [6, 6.07) is 24.8. The third-order valence-electron chi connectivity index (χ3n) is 5.34. The van der Waals surface area contributed by atoms with Crippen LogP contribution >= 0.6 is 0 Å². The molecule has 0 bridgehead atoms. The Balaban J connectivity index is 1.54. The van der Waals surface area contributed by atoms with Crippen molar-refractivity contribution >= 4 is 16.7 Å². The van der Waals surface area contributed by atoms with E-state index < -0.39 is 11.2 Å². The van der Waals surface area contributed by atoms with E-state index in [2.05, 4.69) is 0 Å². The molecule has 0 atom stereocenters. The molecular weight excluding hydrogens is 390 g/mol. The Morgan fingerprint density at radius 1 is 0.871 bits per heavy atom. The molecule has 4 aromatic rings. The number of likely N-dealkylation sites (N-methyl/N-ethyl adjacent to an activating group) is 1. The van der Waals surface area contributed by atoms with Gasteiger partial charge in [-0.15, -0.1) is 0 Å². The zero-order chi connectivity index (χ0) is 21.8. The van der Waals surface area contributed by atoms with Gasteiger partial charge in [0.1, 0.15) is 6.54 Å². The van der Waals surface area contributed by atoms with Crippen molar-refractivity contribution in [1.82, 2.24) is 14.0 Å². The summed E-state index contributed by atoms with van der Waals surface area (Å²) in [6.45, 7) is 0.425. The first-order valence-corrected chi connectivity index (χ1v) is 10.1. The minimum Gasteiger partial charge on any atom is -0.340 e. The first kappa shape index (κ1) is 20.3. The lowest BCUT2D eigenvalue weighted by Crippen LogP contribution is -2.43. The van der Waals surface area contributed by atoms with E-state index in [1.807, 2.05) is 72.8 Å². The third-order valence-corrected chi connectivity index (χ3v) is 5.34. The number of amides is 1. The highest BCUT2D eigenvalue weighted by molar-refractivity contribution is 5.86. The van der Waals surface area contributed by atoms with Gasteiger partial charge in [-0.2, -0.15) is 0 Å². The van der Waals surface area contributed by atoms with E-state index in [-0.39, 0.29) is 12.5 Å². The smallest absolute Gasteiger partial charge is 0.331 e. The SMILES string of the molecule is CN(Cc1cccc2ccccc12)C(=O)Cn1c(=O)ccn(Cc2ccccc2)c1=O. The highest BCUT2D eigenvalue weighted by Crippen LogP contribution is 2.19. The standard InChI is InChI=1S/C25H23N3O3/c1-26(17-21-12-7-11-20-10-5-6-13-22(20)21)24(30)18-28-23(29)14-15-27(25(28)31)16-19-8-3-2-4-9-19/h2-15H,16-18H2,1H3. The molecule has 0 spiro atoms. The number of carbonyl (C=O) groups excluding carboxylic acids is 1. The van der Waals surface area contributed by atoms with Gasteiger partial charge in [0.25, 0.3) is 5.56 Å². The second kappa shape index (κ2) is 8.83. The normalized spacial score (nSPS) is 10.9. The number of fused-ring (bicyclic) bond motifs is 1. The van der Waals surface area contributed by atoms with Crippen molar-refractivity contribution in [1.29, 1.82) is 0 Å².